The Morgan fingerprint density at radius 3 is 0.452 bits per heavy atom. The number of para-hydroxylation sites is 10. The Morgan fingerprint density at radius 1 is 0.178 bits per heavy atom. The van der Waals surface area contributed by atoms with Gasteiger partial charge in [-0.3, -0.25) is 0 Å². The van der Waals surface area contributed by atoms with E-state index in [1.807, 2.05) is 24.3 Å². The zero-order valence-electron chi connectivity index (χ0n) is 39.9. The molecule has 5 N–H and O–H groups in total. The van der Waals surface area contributed by atoms with Crippen molar-refractivity contribution >= 4 is 109 Å². The Kier molecular flexibility index (Phi) is 13.2. The number of aromatic amines is 5. The minimum atomic E-state index is 0.715. The van der Waals surface area contributed by atoms with Crippen LogP contribution in [0.3, 0.4) is 0 Å². The maximum Gasteiger partial charge on any atom is 0.0991 e. The predicted molar refractivity (Wildman–Crippen MR) is 310 cm³/mol. The van der Waals surface area contributed by atoms with Crippen molar-refractivity contribution in [3.63, 3.8) is 0 Å². The highest BCUT2D eigenvalue weighted by molar-refractivity contribution is 6.10. The normalized spacial score (nSPS) is 10.7. The number of aromatic nitrogens is 5. The number of fused-ring (bicyclic) bond motifs is 15. The van der Waals surface area contributed by atoms with E-state index in [2.05, 4.69) is 268 Å². The van der Waals surface area contributed by atoms with Crippen molar-refractivity contribution in [3.8, 4) is 6.07 Å². The zero-order chi connectivity index (χ0) is 49.2. The number of benzene rings is 11. The van der Waals surface area contributed by atoms with Crippen molar-refractivity contribution in [1.29, 1.82) is 5.26 Å². The highest BCUT2D eigenvalue weighted by atomic mass is 14.7. The third-order valence-electron chi connectivity index (χ3n) is 13.0. The first-order valence-corrected chi connectivity index (χ1v) is 24.4. The lowest BCUT2D eigenvalue weighted by Gasteiger charge is -1.87. The molecule has 73 heavy (non-hydrogen) atoms. The minimum Gasteiger partial charge on any atom is -0.355 e. The first-order valence-electron chi connectivity index (χ1n) is 24.4. The highest BCUT2D eigenvalue weighted by Crippen LogP contribution is 2.28. The maximum absolute atomic E-state index is 8.29. The average Bonchev–Trinajstić information content (AvgIpc) is 4.30. The van der Waals surface area contributed by atoms with E-state index in [9.17, 15) is 0 Å². The largest absolute Gasteiger partial charge is 0.355 e. The van der Waals surface area contributed by atoms with Crippen LogP contribution in [0.5, 0.6) is 0 Å². The molecule has 5 heterocycles. The van der Waals surface area contributed by atoms with Gasteiger partial charge in [0, 0.05) is 109 Å². The Bertz CT molecular complexity index is 3620. The minimum absolute atomic E-state index is 0.715. The van der Waals surface area contributed by atoms with Gasteiger partial charge in [0.15, 0.2) is 0 Å². The molecule has 0 unspecified atom stereocenters. The molecular weight excluding hydrogens is 889 g/mol. The molecule has 0 amide bonds. The van der Waals surface area contributed by atoms with Crippen LogP contribution >= 0.6 is 0 Å². The van der Waals surface area contributed by atoms with Crippen molar-refractivity contribution in [2.75, 3.05) is 0 Å². The maximum atomic E-state index is 8.29. The highest BCUT2D eigenvalue weighted by Gasteiger charge is 2.04. The lowest BCUT2D eigenvalue weighted by molar-refractivity contribution is 1.49. The summed E-state index contributed by atoms with van der Waals surface area (Å²) in [6.45, 7) is 0. The van der Waals surface area contributed by atoms with Gasteiger partial charge in [0.1, 0.15) is 0 Å². The Hall–Kier alpha value is -10.1. The van der Waals surface area contributed by atoms with Crippen LogP contribution < -0.4 is 0 Å². The van der Waals surface area contributed by atoms with Crippen molar-refractivity contribution in [1.82, 2.24) is 24.9 Å². The van der Waals surface area contributed by atoms with E-state index in [0.717, 1.165) is 0 Å². The van der Waals surface area contributed by atoms with Crippen LogP contribution in [0.1, 0.15) is 5.56 Å². The van der Waals surface area contributed by atoms with Gasteiger partial charge in [-0.1, -0.05) is 200 Å². The van der Waals surface area contributed by atoms with Crippen LogP contribution in [-0.4, -0.2) is 24.9 Å². The lowest BCUT2D eigenvalue weighted by Crippen LogP contribution is -1.66. The first-order chi connectivity index (χ1) is 36.2. The molecule has 0 fully saturated rings. The monoisotopic (exact) mass is 938 g/mol. The number of H-pyrrole nitrogens is 5. The summed E-state index contributed by atoms with van der Waals surface area (Å²) in [4.78, 5) is 16.9. The van der Waals surface area contributed by atoms with E-state index in [-0.39, 0.29) is 0 Å². The molecular formula is C67H50N6. The van der Waals surface area contributed by atoms with Gasteiger partial charge in [0.05, 0.1) is 11.6 Å². The van der Waals surface area contributed by atoms with Crippen LogP contribution in [0.4, 0.5) is 0 Å². The third kappa shape index (κ3) is 9.89. The van der Waals surface area contributed by atoms with Crippen molar-refractivity contribution in [2.45, 2.75) is 0 Å². The smallest absolute Gasteiger partial charge is 0.0991 e. The molecule has 0 atom stereocenters. The van der Waals surface area contributed by atoms with Crippen LogP contribution in [0, 0.1) is 11.3 Å². The van der Waals surface area contributed by atoms with Crippen LogP contribution in [0.15, 0.2) is 273 Å². The summed E-state index contributed by atoms with van der Waals surface area (Å²) in [5.74, 6) is 0. The quantitative estimate of drug-likeness (QED) is 0.103. The fraction of sp³-hybridized carbons (Fsp3) is 0. The molecule has 348 valence electrons. The summed E-state index contributed by atoms with van der Waals surface area (Å²) in [7, 11) is 0. The molecule has 0 aliphatic rings. The summed E-state index contributed by atoms with van der Waals surface area (Å²) in [6, 6.07) is 95.0. The summed E-state index contributed by atoms with van der Waals surface area (Å²) in [6.07, 6.45) is 0. The van der Waals surface area contributed by atoms with Crippen molar-refractivity contribution in [2.24, 2.45) is 0 Å². The zero-order valence-corrected chi connectivity index (χ0v) is 39.9. The number of hydrogen-bond donors (Lipinski definition) is 5. The molecule has 6 heteroatoms. The molecule has 16 aromatic rings. The Morgan fingerprint density at radius 2 is 0.315 bits per heavy atom. The second-order valence-corrected chi connectivity index (χ2v) is 17.6. The Balaban J connectivity index is 0.0000000950. The number of hydrogen-bond acceptors (Lipinski definition) is 1. The Labute approximate surface area is 421 Å². The summed E-state index contributed by atoms with van der Waals surface area (Å²) in [5.41, 5.74) is 12.8. The van der Waals surface area contributed by atoms with Crippen LogP contribution in [0.2, 0.25) is 0 Å². The van der Waals surface area contributed by atoms with Gasteiger partial charge >= 0.3 is 0 Å². The molecule has 6 nitrogen and oxygen atoms in total. The summed E-state index contributed by atoms with van der Waals surface area (Å²) < 4.78 is 0. The van der Waals surface area contributed by atoms with E-state index in [1.54, 1.807) is 12.1 Å². The summed E-state index contributed by atoms with van der Waals surface area (Å²) >= 11 is 0. The fourth-order valence-corrected chi connectivity index (χ4v) is 9.51. The van der Waals surface area contributed by atoms with Crippen LogP contribution in [-0.2, 0) is 0 Å². The molecule has 0 saturated carbocycles. The molecule has 5 aromatic heterocycles. The molecule has 16 rings (SSSR count). The molecule has 0 bridgehead atoms. The van der Waals surface area contributed by atoms with Gasteiger partial charge in [0.2, 0.25) is 0 Å². The van der Waals surface area contributed by atoms with Crippen molar-refractivity contribution in [3.05, 3.63) is 279 Å². The lowest BCUT2D eigenvalue weighted by atomic mass is 10.2. The predicted octanol–water partition coefficient (Wildman–Crippen LogP) is 18.2. The second kappa shape index (κ2) is 21.3. The SMILES string of the molecule is N#Cc1ccccc1.c1ccc2c(c1)[nH]c1ccccc12.c1ccc2c(c1)[nH]c1ccccc12.c1ccc2c(c1)[nH]c1ccccc12.c1ccc2c(c1)[nH]c1ccccc12.c1ccc2c(c1)[nH]c1ccccc12. The first kappa shape index (κ1) is 45.4. The van der Waals surface area contributed by atoms with Gasteiger partial charge in [0.25, 0.3) is 0 Å². The standard InChI is InChI=1S/5C12H9N.C7H5N/c5*1-3-7-11-9(5-1)10-6-2-4-8-12(10)13-11;8-6-7-4-2-1-3-5-7/h5*1-8,13H;1-5H. The molecule has 0 spiro atoms. The molecule has 0 radical (unpaired) electrons. The number of nitrogens with one attached hydrogen (secondary N) is 5. The topological polar surface area (TPSA) is 103 Å². The van der Waals surface area contributed by atoms with E-state index in [0.29, 0.717) is 5.56 Å². The third-order valence-corrected chi connectivity index (χ3v) is 13.0. The van der Waals surface area contributed by atoms with E-state index in [4.69, 9.17) is 5.26 Å². The van der Waals surface area contributed by atoms with Gasteiger partial charge in [-0.2, -0.15) is 5.26 Å². The summed E-state index contributed by atoms with van der Waals surface area (Å²) in [5, 5.41) is 21.3. The molecule has 0 aliphatic heterocycles. The van der Waals surface area contributed by atoms with Gasteiger partial charge < -0.3 is 24.9 Å². The molecule has 11 aromatic carbocycles. The number of rotatable bonds is 0. The molecule has 0 aliphatic carbocycles. The second-order valence-electron chi connectivity index (χ2n) is 17.6. The fourth-order valence-electron chi connectivity index (χ4n) is 9.51. The number of nitrogens with zero attached hydrogens (tertiary/aromatic N) is 1. The van der Waals surface area contributed by atoms with Crippen LogP contribution in [0.25, 0.3) is 109 Å². The van der Waals surface area contributed by atoms with E-state index >= 15 is 0 Å². The van der Waals surface area contributed by atoms with E-state index in [1.165, 1.54) is 109 Å². The van der Waals surface area contributed by atoms with E-state index < -0.39 is 0 Å². The van der Waals surface area contributed by atoms with Gasteiger partial charge in [-0.15, -0.1) is 0 Å². The van der Waals surface area contributed by atoms with Crippen molar-refractivity contribution < 1.29 is 0 Å². The average molecular weight is 939 g/mol. The molecule has 0 saturated heterocycles. The number of nitriles is 1. The van der Waals surface area contributed by atoms with Gasteiger partial charge in [-0.25, -0.2) is 0 Å². The van der Waals surface area contributed by atoms with Gasteiger partial charge in [-0.05, 0) is 72.8 Å².